The monoisotopic (exact) mass is 441 g/mol. The van der Waals surface area contributed by atoms with Crippen molar-refractivity contribution in [1.82, 2.24) is 9.97 Å². The molecule has 166 valence electrons. The zero-order valence-corrected chi connectivity index (χ0v) is 18.2. The Morgan fingerprint density at radius 2 is 2.03 bits per heavy atom. The van der Waals surface area contributed by atoms with Crippen molar-refractivity contribution in [2.24, 2.45) is 0 Å². The third-order valence-corrected chi connectivity index (χ3v) is 5.61. The van der Waals surface area contributed by atoms with E-state index in [1.165, 1.54) is 25.3 Å². The van der Waals surface area contributed by atoms with Crippen LogP contribution in [0.4, 0.5) is 27.4 Å². The fourth-order valence-corrected chi connectivity index (χ4v) is 3.93. The fraction of sp³-hybridized carbons (Fsp3) is 0.231. The van der Waals surface area contributed by atoms with Crippen LogP contribution in [0.25, 0.3) is 16.1 Å². The highest BCUT2D eigenvalue weighted by atomic mass is 19.1. The van der Waals surface area contributed by atoms with Gasteiger partial charge in [-0.1, -0.05) is 30.8 Å². The third kappa shape index (κ3) is 5.24. The number of anilines is 3. The van der Waals surface area contributed by atoms with E-state index in [2.05, 4.69) is 37.7 Å². The SMILES string of the molecule is [C-]#[N+]c1ccc(CC(=O)C=C)cc1-c1nc(Nc2cccc(N3CCCCC3)c2)ncc1F. The zero-order valence-electron chi connectivity index (χ0n) is 18.2. The Balaban J connectivity index is 1.64. The van der Waals surface area contributed by atoms with Crippen LogP contribution in [0.2, 0.25) is 0 Å². The summed E-state index contributed by atoms with van der Waals surface area (Å²) >= 11 is 0. The van der Waals surface area contributed by atoms with E-state index in [-0.39, 0.29) is 29.5 Å². The van der Waals surface area contributed by atoms with Crippen molar-refractivity contribution in [3.05, 3.63) is 84.1 Å². The Bertz CT molecular complexity index is 1230. The van der Waals surface area contributed by atoms with E-state index >= 15 is 0 Å². The van der Waals surface area contributed by atoms with E-state index in [1.807, 2.05) is 18.2 Å². The molecular weight excluding hydrogens is 417 g/mol. The fourth-order valence-electron chi connectivity index (χ4n) is 3.93. The van der Waals surface area contributed by atoms with E-state index < -0.39 is 5.82 Å². The Labute approximate surface area is 192 Å². The number of carbonyl (C=O) groups excluding carboxylic acids is 1. The standard InChI is InChI=1S/C26H24FN5O/c1-3-21(33)14-18-10-11-24(28-2)22(15-18)25-23(27)17-29-26(31-25)30-19-8-7-9-20(16-19)32-12-5-4-6-13-32/h3,7-11,15-17H,1,4-6,12-14H2,(H,29,30,31). The van der Waals surface area contributed by atoms with Gasteiger partial charge in [0.05, 0.1) is 12.8 Å². The van der Waals surface area contributed by atoms with E-state index in [0.29, 0.717) is 11.1 Å². The molecular formula is C26H24FN5O. The molecule has 33 heavy (non-hydrogen) atoms. The molecule has 1 aromatic heterocycles. The largest absolute Gasteiger partial charge is 0.371 e. The second kappa shape index (κ2) is 10.0. The van der Waals surface area contributed by atoms with Crippen molar-refractivity contribution in [3.63, 3.8) is 0 Å². The normalized spacial score (nSPS) is 13.3. The summed E-state index contributed by atoms with van der Waals surface area (Å²) < 4.78 is 14.7. The molecule has 1 aliphatic heterocycles. The van der Waals surface area contributed by atoms with Gasteiger partial charge in [0, 0.05) is 36.4 Å². The molecule has 1 aliphatic rings. The second-order valence-electron chi connectivity index (χ2n) is 7.92. The van der Waals surface area contributed by atoms with Gasteiger partial charge in [0.2, 0.25) is 5.95 Å². The maximum Gasteiger partial charge on any atom is 0.227 e. The zero-order chi connectivity index (χ0) is 23.2. The molecule has 1 N–H and O–H groups in total. The molecule has 4 rings (SSSR count). The van der Waals surface area contributed by atoms with Crippen molar-refractivity contribution in [2.75, 3.05) is 23.3 Å². The molecule has 2 heterocycles. The van der Waals surface area contributed by atoms with Crippen LogP contribution in [0, 0.1) is 12.4 Å². The Morgan fingerprint density at radius 3 is 2.79 bits per heavy atom. The first kappa shape index (κ1) is 22.2. The summed E-state index contributed by atoms with van der Waals surface area (Å²) in [6.07, 6.45) is 6.08. The number of nitrogens with one attached hydrogen (secondary N) is 1. The van der Waals surface area contributed by atoms with Crippen molar-refractivity contribution >= 4 is 28.8 Å². The van der Waals surface area contributed by atoms with E-state index in [9.17, 15) is 9.18 Å². The molecule has 0 saturated carbocycles. The van der Waals surface area contributed by atoms with Crippen molar-refractivity contribution < 1.29 is 9.18 Å². The minimum absolute atomic E-state index is 0.0126. The summed E-state index contributed by atoms with van der Waals surface area (Å²) in [4.78, 5) is 26.1. The first-order chi connectivity index (χ1) is 16.1. The molecule has 3 aromatic rings. The van der Waals surface area contributed by atoms with Crippen LogP contribution in [0.15, 0.2) is 61.3 Å². The second-order valence-corrected chi connectivity index (χ2v) is 7.92. The first-order valence-electron chi connectivity index (χ1n) is 10.9. The topological polar surface area (TPSA) is 62.5 Å². The lowest BCUT2D eigenvalue weighted by atomic mass is 10.0. The van der Waals surface area contributed by atoms with Crippen LogP contribution >= 0.6 is 0 Å². The number of aromatic nitrogens is 2. The van der Waals surface area contributed by atoms with Crippen LogP contribution in [0.3, 0.4) is 0 Å². The number of benzene rings is 2. The minimum atomic E-state index is -0.639. The summed E-state index contributed by atoms with van der Waals surface area (Å²) in [5.74, 6) is -0.568. The molecule has 6 nitrogen and oxygen atoms in total. The van der Waals surface area contributed by atoms with Crippen molar-refractivity contribution in [2.45, 2.75) is 25.7 Å². The molecule has 0 aliphatic carbocycles. The number of hydrogen-bond donors (Lipinski definition) is 1. The lowest BCUT2D eigenvalue weighted by Gasteiger charge is -2.29. The molecule has 0 radical (unpaired) electrons. The summed E-state index contributed by atoms with van der Waals surface area (Å²) in [5.41, 5.74) is 3.16. The van der Waals surface area contributed by atoms with Gasteiger partial charge in [-0.25, -0.2) is 19.2 Å². The van der Waals surface area contributed by atoms with Crippen LogP contribution in [0.1, 0.15) is 24.8 Å². The number of piperidine rings is 1. The molecule has 0 bridgehead atoms. The molecule has 0 unspecified atom stereocenters. The number of nitrogens with zero attached hydrogens (tertiary/aromatic N) is 4. The van der Waals surface area contributed by atoms with Gasteiger partial charge >= 0.3 is 0 Å². The Hall–Kier alpha value is -4.05. The molecule has 0 amide bonds. The van der Waals surface area contributed by atoms with Crippen LogP contribution < -0.4 is 10.2 Å². The number of carbonyl (C=O) groups is 1. The van der Waals surface area contributed by atoms with Gasteiger partial charge in [0.1, 0.15) is 5.69 Å². The van der Waals surface area contributed by atoms with Crippen molar-refractivity contribution in [3.8, 4) is 11.3 Å². The van der Waals surface area contributed by atoms with Crippen molar-refractivity contribution in [1.29, 1.82) is 0 Å². The van der Waals surface area contributed by atoms with Crippen LogP contribution in [-0.4, -0.2) is 28.8 Å². The summed E-state index contributed by atoms with van der Waals surface area (Å²) in [5, 5.41) is 3.15. The molecule has 1 fully saturated rings. The highest BCUT2D eigenvalue weighted by molar-refractivity contribution is 5.91. The maximum absolute atomic E-state index is 14.7. The van der Waals surface area contributed by atoms with E-state index in [1.54, 1.807) is 18.2 Å². The highest BCUT2D eigenvalue weighted by Crippen LogP contribution is 2.33. The summed E-state index contributed by atoms with van der Waals surface area (Å²) in [6.45, 7) is 13.0. The number of rotatable bonds is 7. The van der Waals surface area contributed by atoms with Gasteiger partial charge in [-0.15, -0.1) is 0 Å². The molecule has 1 saturated heterocycles. The molecule has 0 atom stereocenters. The first-order valence-corrected chi connectivity index (χ1v) is 10.9. The van der Waals surface area contributed by atoms with E-state index in [4.69, 9.17) is 6.57 Å². The molecule has 0 spiro atoms. The molecule has 2 aromatic carbocycles. The Kier molecular flexibility index (Phi) is 6.75. The minimum Gasteiger partial charge on any atom is -0.371 e. The highest BCUT2D eigenvalue weighted by Gasteiger charge is 2.16. The number of allylic oxidation sites excluding steroid dienone is 1. The lowest BCUT2D eigenvalue weighted by molar-refractivity contribution is -0.114. The maximum atomic E-state index is 14.7. The third-order valence-electron chi connectivity index (χ3n) is 5.61. The van der Waals surface area contributed by atoms with Gasteiger partial charge in [0.25, 0.3) is 0 Å². The van der Waals surface area contributed by atoms with Gasteiger partial charge in [0.15, 0.2) is 17.3 Å². The number of halogens is 1. The van der Waals surface area contributed by atoms with Gasteiger partial charge < -0.3 is 10.2 Å². The van der Waals surface area contributed by atoms with Crippen LogP contribution in [0.5, 0.6) is 0 Å². The van der Waals surface area contributed by atoms with Crippen LogP contribution in [-0.2, 0) is 11.2 Å². The van der Waals surface area contributed by atoms with E-state index in [0.717, 1.165) is 30.7 Å². The van der Waals surface area contributed by atoms with Gasteiger partial charge in [-0.2, -0.15) is 0 Å². The molecule has 7 heteroatoms. The average Bonchev–Trinajstić information content (AvgIpc) is 2.86. The predicted molar refractivity (Wildman–Crippen MR) is 128 cm³/mol. The van der Waals surface area contributed by atoms with Gasteiger partial charge in [-0.3, -0.25) is 4.79 Å². The number of ketones is 1. The lowest BCUT2D eigenvalue weighted by Crippen LogP contribution is -2.29. The summed E-state index contributed by atoms with van der Waals surface area (Å²) in [7, 11) is 0. The Morgan fingerprint density at radius 1 is 1.21 bits per heavy atom. The smallest absolute Gasteiger partial charge is 0.227 e. The quantitative estimate of drug-likeness (QED) is 0.367. The van der Waals surface area contributed by atoms with Gasteiger partial charge in [-0.05, 0) is 49.1 Å². The average molecular weight is 442 g/mol. The summed E-state index contributed by atoms with van der Waals surface area (Å²) in [6, 6.07) is 12.9. The predicted octanol–water partition coefficient (Wildman–Crippen LogP) is 5.86. The number of hydrogen-bond acceptors (Lipinski definition) is 5.